The Morgan fingerprint density at radius 1 is 1.14 bits per heavy atom. The molecule has 1 aliphatic heterocycles. The molecule has 21 heavy (non-hydrogen) atoms. The maximum absolute atomic E-state index is 6.14. The van der Waals surface area contributed by atoms with Crippen molar-refractivity contribution in [3.8, 4) is 5.75 Å². The van der Waals surface area contributed by atoms with Gasteiger partial charge in [-0.3, -0.25) is 4.90 Å². The quantitative estimate of drug-likeness (QED) is 0.878. The molecule has 0 radical (unpaired) electrons. The Hall–Kier alpha value is -2.00. The molecule has 0 aliphatic carbocycles. The lowest BCUT2D eigenvalue weighted by molar-refractivity contribution is 0.261. The number of aryl methyl sites for hydroxylation is 1. The van der Waals surface area contributed by atoms with Crippen molar-refractivity contribution in [3.05, 3.63) is 59.2 Å². The van der Waals surface area contributed by atoms with E-state index in [9.17, 15) is 0 Å². The van der Waals surface area contributed by atoms with Gasteiger partial charge in [-0.1, -0.05) is 30.3 Å². The van der Waals surface area contributed by atoms with E-state index in [2.05, 4.69) is 35.2 Å². The Bertz CT molecular complexity index is 624. The Kier molecular flexibility index (Phi) is 4.11. The number of ether oxygens (including phenoxy) is 1. The van der Waals surface area contributed by atoms with Gasteiger partial charge in [-0.05, 0) is 42.1 Å². The van der Waals surface area contributed by atoms with Crippen LogP contribution in [-0.2, 0) is 19.5 Å². The number of hydrogen-bond donors (Lipinski definition) is 1. The van der Waals surface area contributed by atoms with Crippen molar-refractivity contribution in [1.29, 1.82) is 0 Å². The lowest BCUT2D eigenvalue weighted by Gasteiger charge is -2.21. The summed E-state index contributed by atoms with van der Waals surface area (Å²) in [7, 11) is 1.67. The number of nitrogens with zero attached hydrogens (tertiary/aromatic N) is 1. The average Bonchev–Trinajstić information content (AvgIpc) is 2.71. The minimum Gasteiger partial charge on any atom is -0.497 e. The van der Waals surface area contributed by atoms with Gasteiger partial charge in [0.1, 0.15) is 5.75 Å². The second-order valence-electron chi connectivity index (χ2n) is 5.65. The second kappa shape index (κ2) is 6.19. The summed E-state index contributed by atoms with van der Waals surface area (Å²) < 4.78 is 5.21. The molecule has 3 nitrogen and oxygen atoms in total. The van der Waals surface area contributed by atoms with Gasteiger partial charge in [-0.2, -0.15) is 0 Å². The third kappa shape index (κ3) is 3.19. The molecule has 0 atom stereocenters. The summed E-state index contributed by atoms with van der Waals surface area (Å²) in [5.74, 6) is 0.817. The smallest absolute Gasteiger partial charge is 0.120 e. The van der Waals surface area contributed by atoms with Crippen LogP contribution in [0.3, 0.4) is 0 Å². The van der Waals surface area contributed by atoms with E-state index in [1.54, 1.807) is 7.11 Å². The van der Waals surface area contributed by atoms with E-state index in [1.807, 2.05) is 12.1 Å². The molecule has 0 unspecified atom stereocenters. The number of benzene rings is 2. The minimum atomic E-state index is 0.812. The average molecular weight is 282 g/mol. The van der Waals surface area contributed by atoms with Gasteiger partial charge < -0.3 is 10.5 Å². The van der Waals surface area contributed by atoms with Crippen molar-refractivity contribution < 1.29 is 4.74 Å². The molecule has 2 N–H and O–H groups in total. The highest BCUT2D eigenvalue weighted by Gasteiger charge is 2.15. The highest BCUT2D eigenvalue weighted by molar-refractivity contribution is 5.51. The van der Waals surface area contributed by atoms with Gasteiger partial charge in [0.25, 0.3) is 0 Å². The fraction of sp³-hybridized carbons (Fsp3) is 0.333. The van der Waals surface area contributed by atoms with E-state index < -0.39 is 0 Å². The first-order valence-electron chi connectivity index (χ1n) is 7.48. The maximum Gasteiger partial charge on any atom is 0.120 e. The van der Waals surface area contributed by atoms with Crippen molar-refractivity contribution in [3.63, 3.8) is 0 Å². The first-order chi connectivity index (χ1) is 10.3. The van der Waals surface area contributed by atoms with E-state index in [0.29, 0.717) is 0 Å². The lowest BCUT2D eigenvalue weighted by Crippen LogP contribution is -2.23. The summed E-state index contributed by atoms with van der Waals surface area (Å²) >= 11 is 0. The van der Waals surface area contributed by atoms with Crippen LogP contribution in [0.5, 0.6) is 5.75 Å². The summed E-state index contributed by atoms with van der Waals surface area (Å²) in [5.41, 5.74) is 11.1. The van der Waals surface area contributed by atoms with Crippen LogP contribution < -0.4 is 10.5 Å². The van der Waals surface area contributed by atoms with E-state index >= 15 is 0 Å². The largest absolute Gasteiger partial charge is 0.497 e. The van der Waals surface area contributed by atoms with Crippen molar-refractivity contribution >= 4 is 5.69 Å². The van der Waals surface area contributed by atoms with Crippen LogP contribution in [0.2, 0.25) is 0 Å². The van der Waals surface area contributed by atoms with Gasteiger partial charge in [0.2, 0.25) is 0 Å². The fourth-order valence-electron chi connectivity index (χ4n) is 2.99. The number of hydrogen-bond acceptors (Lipinski definition) is 3. The van der Waals surface area contributed by atoms with Crippen LogP contribution >= 0.6 is 0 Å². The van der Waals surface area contributed by atoms with Crippen LogP contribution in [0.15, 0.2) is 42.5 Å². The molecule has 0 fully saturated rings. The number of nitrogens with two attached hydrogens (primary N) is 1. The minimum absolute atomic E-state index is 0.812. The van der Waals surface area contributed by atoms with Crippen LogP contribution in [0.25, 0.3) is 0 Å². The molecular weight excluding hydrogens is 260 g/mol. The Morgan fingerprint density at radius 3 is 2.71 bits per heavy atom. The molecule has 0 spiro atoms. The molecule has 2 aromatic rings. The molecule has 110 valence electrons. The number of nitrogen functional groups attached to an aromatic ring is 1. The van der Waals surface area contributed by atoms with Crippen molar-refractivity contribution in [2.75, 3.05) is 19.4 Å². The van der Waals surface area contributed by atoms with Gasteiger partial charge in [0.05, 0.1) is 7.11 Å². The molecule has 3 rings (SSSR count). The summed E-state index contributed by atoms with van der Waals surface area (Å²) in [6.07, 6.45) is 2.37. The number of fused-ring (bicyclic) bond motifs is 1. The van der Waals surface area contributed by atoms with Gasteiger partial charge in [0, 0.05) is 24.8 Å². The first-order valence-corrected chi connectivity index (χ1v) is 7.48. The van der Waals surface area contributed by atoms with E-state index in [4.69, 9.17) is 10.5 Å². The molecule has 0 saturated heterocycles. The SMILES string of the molecule is COc1ccc(CN2CCCc3ccccc3C2)c(N)c1. The van der Waals surface area contributed by atoms with E-state index in [-0.39, 0.29) is 0 Å². The third-order valence-corrected chi connectivity index (χ3v) is 4.18. The van der Waals surface area contributed by atoms with Crippen molar-refractivity contribution in [2.24, 2.45) is 0 Å². The highest BCUT2D eigenvalue weighted by Crippen LogP contribution is 2.24. The molecule has 3 heteroatoms. The van der Waals surface area contributed by atoms with Gasteiger partial charge in [-0.15, -0.1) is 0 Å². The molecule has 2 aromatic carbocycles. The number of rotatable bonds is 3. The molecule has 0 aromatic heterocycles. The summed E-state index contributed by atoms with van der Waals surface area (Å²) in [4.78, 5) is 2.48. The monoisotopic (exact) mass is 282 g/mol. The van der Waals surface area contributed by atoms with Crippen LogP contribution in [-0.4, -0.2) is 18.6 Å². The van der Waals surface area contributed by atoms with Crippen molar-refractivity contribution in [1.82, 2.24) is 4.90 Å². The van der Waals surface area contributed by atoms with Crippen molar-refractivity contribution in [2.45, 2.75) is 25.9 Å². The molecule has 0 bridgehead atoms. The fourth-order valence-corrected chi connectivity index (χ4v) is 2.99. The Balaban J connectivity index is 1.76. The predicted molar refractivity (Wildman–Crippen MR) is 86.3 cm³/mol. The third-order valence-electron chi connectivity index (χ3n) is 4.18. The van der Waals surface area contributed by atoms with Crippen LogP contribution in [0, 0.1) is 0 Å². The zero-order valence-corrected chi connectivity index (χ0v) is 12.5. The van der Waals surface area contributed by atoms with E-state index in [0.717, 1.165) is 31.1 Å². The summed E-state index contributed by atoms with van der Waals surface area (Å²) in [6, 6.07) is 14.7. The maximum atomic E-state index is 6.14. The normalized spacial score (nSPS) is 15.3. The van der Waals surface area contributed by atoms with Gasteiger partial charge >= 0.3 is 0 Å². The Morgan fingerprint density at radius 2 is 1.95 bits per heavy atom. The van der Waals surface area contributed by atoms with Gasteiger partial charge in [-0.25, -0.2) is 0 Å². The molecule has 0 amide bonds. The molecule has 1 heterocycles. The highest BCUT2D eigenvalue weighted by atomic mass is 16.5. The first kappa shape index (κ1) is 14.0. The molecule has 1 aliphatic rings. The number of methoxy groups -OCH3 is 1. The van der Waals surface area contributed by atoms with Crippen LogP contribution in [0.1, 0.15) is 23.1 Å². The summed E-state index contributed by atoms with van der Waals surface area (Å²) in [6.45, 7) is 3.01. The second-order valence-corrected chi connectivity index (χ2v) is 5.65. The Labute approximate surface area is 126 Å². The topological polar surface area (TPSA) is 38.5 Å². The zero-order chi connectivity index (χ0) is 14.7. The molecular formula is C18H22N2O. The van der Waals surface area contributed by atoms with Gasteiger partial charge in [0.15, 0.2) is 0 Å². The predicted octanol–water partition coefficient (Wildman–Crippen LogP) is 3.23. The molecule has 0 saturated carbocycles. The van der Waals surface area contributed by atoms with E-state index in [1.165, 1.54) is 29.5 Å². The zero-order valence-electron chi connectivity index (χ0n) is 12.5. The number of anilines is 1. The lowest BCUT2D eigenvalue weighted by atomic mass is 10.0. The standard InChI is InChI=1S/C18H22N2O/c1-21-17-9-8-16(18(19)11-17)13-20-10-4-7-14-5-2-3-6-15(14)12-20/h2-3,5-6,8-9,11H,4,7,10,12-13,19H2,1H3. The van der Waals surface area contributed by atoms with Crippen LogP contribution in [0.4, 0.5) is 5.69 Å². The summed E-state index contributed by atoms with van der Waals surface area (Å²) in [5, 5.41) is 0.